The second-order valence-electron chi connectivity index (χ2n) is 12.8. The van der Waals surface area contributed by atoms with E-state index in [0.717, 1.165) is 21.7 Å². The lowest BCUT2D eigenvalue weighted by Gasteiger charge is -2.41. The van der Waals surface area contributed by atoms with E-state index in [9.17, 15) is 24.9 Å². The maximum atomic E-state index is 14.0. The van der Waals surface area contributed by atoms with Crippen molar-refractivity contribution in [2.45, 2.75) is 57.8 Å². The van der Waals surface area contributed by atoms with Crippen LogP contribution in [0, 0.1) is 11.8 Å². The number of hydrogen-bond donors (Lipinski definition) is 3. The molecule has 7 rings (SSSR count). The van der Waals surface area contributed by atoms with E-state index in [1.54, 1.807) is 26.8 Å². The Hall–Kier alpha value is -4.25. The zero-order valence-electron chi connectivity index (χ0n) is 26.3. The van der Waals surface area contributed by atoms with Crippen LogP contribution in [-0.4, -0.2) is 65.6 Å². The number of fused-ring (bicyclic) bond motifs is 6. The van der Waals surface area contributed by atoms with Gasteiger partial charge in [0.2, 0.25) is 5.76 Å². The Morgan fingerprint density at radius 2 is 1.98 bits per heavy atom. The smallest absolute Gasteiger partial charge is 0.374 e. The molecule has 4 atom stereocenters. The normalized spacial score (nSPS) is 24.1. The Bertz CT molecular complexity index is 1890. The lowest BCUT2D eigenvalue weighted by Crippen LogP contribution is -2.39. The minimum atomic E-state index is -1.20. The molecule has 3 heterocycles. The number of ether oxygens (including phenoxy) is 4. The van der Waals surface area contributed by atoms with Crippen molar-refractivity contribution in [3.8, 4) is 17.2 Å². The van der Waals surface area contributed by atoms with Gasteiger partial charge >= 0.3 is 5.97 Å². The Morgan fingerprint density at radius 1 is 1.17 bits per heavy atom. The Balaban J connectivity index is 1.51. The van der Waals surface area contributed by atoms with Gasteiger partial charge < -0.3 is 34.3 Å². The monoisotopic (exact) mass is 627 g/mol. The van der Waals surface area contributed by atoms with E-state index in [1.807, 2.05) is 30.4 Å². The summed E-state index contributed by atoms with van der Waals surface area (Å²) in [5.74, 6) is -1.48. The number of Topliss-reactive ketones (excluding diaryl/α,β-unsaturated/α-hetero) is 1. The van der Waals surface area contributed by atoms with Crippen LogP contribution in [0.25, 0.3) is 11.6 Å². The Morgan fingerprint density at radius 3 is 2.67 bits per heavy atom. The van der Waals surface area contributed by atoms with Gasteiger partial charge in [-0.05, 0) is 50.1 Å². The van der Waals surface area contributed by atoms with E-state index in [-0.39, 0.29) is 36.9 Å². The van der Waals surface area contributed by atoms with Gasteiger partial charge in [-0.3, -0.25) is 9.79 Å². The number of carbonyl (C=O) groups is 2. The fraction of sp³-hybridized carbons (Fsp3) is 0.417. The first-order valence-corrected chi connectivity index (χ1v) is 15.7. The van der Waals surface area contributed by atoms with Gasteiger partial charge in [0.1, 0.15) is 29.1 Å². The molecular formula is C36H37NO9. The molecule has 1 saturated carbocycles. The number of hydrogen-bond acceptors (Lipinski definition) is 10. The first-order chi connectivity index (χ1) is 22.1. The summed E-state index contributed by atoms with van der Waals surface area (Å²) >= 11 is 0. The molecule has 3 N–H and O–H groups in total. The number of benzene rings is 2. The second kappa shape index (κ2) is 11.2. The maximum Gasteiger partial charge on any atom is 0.374 e. The highest BCUT2D eigenvalue weighted by molar-refractivity contribution is 6.04. The van der Waals surface area contributed by atoms with E-state index in [4.69, 9.17) is 18.9 Å². The third-order valence-electron chi connectivity index (χ3n) is 9.71. The van der Waals surface area contributed by atoms with Gasteiger partial charge in [-0.2, -0.15) is 0 Å². The molecule has 4 unspecified atom stereocenters. The molecule has 240 valence electrons. The molecule has 0 radical (unpaired) electrons. The summed E-state index contributed by atoms with van der Waals surface area (Å²) in [6, 6.07) is 5.86. The van der Waals surface area contributed by atoms with Crippen LogP contribution >= 0.6 is 0 Å². The van der Waals surface area contributed by atoms with Gasteiger partial charge in [-0.25, -0.2) is 4.79 Å². The summed E-state index contributed by atoms with van der Waals surface area (Å²) in [4.78, 5) is 32.0. The number of methoxy groups -OCH3 is 1. The lowest BCUT2D eigenvalue weighted by atomic mass is 9.63. The molecule has 1 fully saturated rings. The van der Waals surface area contributed by atoms with Crippen molar-refractivity contribution in [1.82, 2.24) is 0 Å². The fourth-order valence-electron chi connectivity index (χ4n) is 7.51. The van der Waals surface area contributed by atoms with Crippen LogP contribution in [-0.2, 0) is 27.4 Å². The first kappa shape index (κ1) is 30.4. The quantitative estimate of drug-likeness (QED) is 0.394. The molecule has 0 aromatic heterocycles. The van der Waals surface area contributed by atoms with Gasteiger partial charge in [0.15, 0.2) is 0 Å². The van der Waals surface area contributed by atoms with E-state index in [0.29, 0.717) is 52.3 Å². The molecule has 10 heteroatoms. The standard InChI is InChI=1S/C36H37NO9/c1-5-44-35(41)34-21-8-7-20-22(13-19(15-38)30(40)27(20)18-6-9-25-17(12-18)10-11-37-25)28(21)29-32(43-4)23-14-26(36(2,3)42)45-31(23)24(16-39)33(29)46-34/h6-10,12,19-20,26-27,38-39,42H,5,11,13-16H2,1-4H3. The SMILES string of the molecule is CCOC(=O)C1=C2C=CC3C(=C2c2c(OC)c4c(c(CO)c2O1)OC(C(C)(C)O)C4)CC(CO)C(=O)C3c1ccc2c(c1)=CCN=2. The molecule has 10 nitrogen and oxygen atoms in total. The number of nitrogens with zero attached hydrogens (tertiary/aromatic N) is 1. The number of allylic oxidation sites excluding steroid dienone is 5. The van der Waals surface area contributed by atoms with Crippen molar-refractivity contribution >= 4 is 23.4 Å². The van der Waals surface area contributed by atoms with Crippen LogP contribution in [0.1, 0.15) is 55.4 Å². The summed E-state index contributed by atoms with van der Waals surface area (Å²) < 4.78 is 24.1. The van der Waals surface area contributed by atoms with Crippen molar-refractivity contribution in [2.24, 2.45) is 16.8 Å². The van der Waals surface area contributed by atoms with E-state index in [1.165, 1.54) is 7.11 Å². The highest BCUT2D eigenvalue weighted by Crippen LogP contribution is 2.59. The largest absolute Gasteiger partial charge is 0.496 e. The molecule has 5 aliphatic rings. The van der Waals surface area contributed by atoms with Crippen LogP contribution in [0.3, 0.4) is 0 Å². The average molecular weight is 628 g/mol. The number of carbonyl (C=O) groups excluding carboxylic acids is 2. The van der Waals surface area contributed by atoms with Crippen molar-refractivity contribution in [1.29, 1.82) is 0 Å². The van der Waals surface area contributed by atoms with E-state index in [2.05, 4.69) is 4.99 Å². The summed E-state index contributed by atoms with van der Waals surface area (Å²) in [7, 11) is 1.54. The highest BCUT2D eigenvalue weighted by atomic mass is 16.6. The third kappa shape index (κ3) is 4.53. The topological polar surface area (TPSA) is 144 Å². The van der Waals surface area contributed by atoms with Crippen LogP contribution < -0.4 is 24.8 Å². The molecular weight excluding hydrogens is 590 g/mol. The molecule has 0 bridgehead atoms. The van der Waals surface area contributed by atoms with Crippen LogP contribution in [0.2, 0.25) is 0 Å². The molecule has 0 amide bonds. The van der Waals surface area contributed by atoms with E-state index >= 15 is 0 Å². The van der Waals surface area contributed by atoms with Gasteiger partial charge in [0, 0.05) is 35.0 Å². The van der Waals surface area contributed by atoms with Crippen molar-refractivity contribution in [3.05, 3.63) is 80.1 Å². The first-order valence-electron chi connectivity index (χ1n) is 15.7. The molecule has 46 heavy (non-hydrogen) atoms. The van der Waals surface area contributed by atoms with Gasteiger partial charge in [-0.15, -0.1) is 0 Å². The van der Waals surface area contributed by atoms with E-state index < -0.39 is 42.0 Å². The number of rotatable bonds is 7. The predicted molar refractivity (Wildman–Crippen MR) is 167 cm³/mol. The number of ketones is 1. The van der Waals surface area contributed by atoms with Gasteiger partial charge in [0.05, 0.1) is 61.5 Å². The molecule has 2 aromatic carbocycles. The molecule has 0 saturated heterocycles. The number of aliphatic hydroxyl groups is 3. The minimum Gasteiger partial charge on any atom is -0.496 e. The predicted octanol–water partition coefficient (Wildman–Crippen LogP) is 2.19. The Labute approximate surface area is 266 Å². The van der Waals surface area contributed by atoms with Crippen LogP contribution in [0.4, 0.5) is 0 Å². The maximum absolute atomic E-state index is 14.0. The van der Waals surface area contributed by atoms with Crippen LogP contribution in [0.15, 0.2) is 52.2 Å². The molecule has 2 aromatic rings. The summed E-state index contributed by atoms with van der Waals surface area (Å²) in [5, 5.41) is 33.9. The number of esters is 1. The number of aliphatic hydroxyl groups excluding tert-OH is 2. The molecule has 0 spiro atoms. The highest BCUT2D eigenvalue weighted by Gasteiger charge is 2.48. The molecule has 3 aliphatic heterocycles. The average Bonchev–Trinajstić information content (AvgIpc) is 3.70. The van der Waals surface area contributed by atoms with Gasteiger partial charge in [0.25, 0.3) is 0 Å². The van der Waals surface area contributed by atoms with Crippen LogP contribution in [0.5, 0.6) is 17.2 Å². The van der Waals surface area contributed by atoms with Crippen molar-refractivity contribution in [2.75, 3.05) is 26.9 Å². The second-order valence-corrected chi connectivity index (χ2v) is 12.8. The van der Waals surface area contributed by atoms with Gasteiger partial charge in [-0.1, -0.05) is 29.9 Å². The van der Waals surface area contributed by atoms with Crippen molar-refractivity contribution < 1.29 is 43.9 Å². The van der Waals surface area contributed by atoms with Crippen molar-refractivity contribution in [3.63, 3.8) is 0 Å². The summed E-state index contributed by atoms with van der Waals surface area (Å²) in [6.45, 7) is 4.91. The fourth-order valence-corrected chi connectivity index (χ4v) is 7.51. The minimum absolute atomic E-state index is 0.0528. The summed E-state index contributed by atoms with van der Waals surface area (Å²) in [6.07, 6.45) is 5.69. The molecule has 2 aliphatic carbocycles. The third-order valence-corrected chi connectivity index (χ3v) is 9.71. The summed E-state index contributed by atoms with van der Waals surface area (Å²) in [5.41, 5.74) is 3.11. The lowest BCUT2D eigenvalue weighted by molar-refractivity contribution is -0.141. The zero-order valence-corrected chi connectivity index (χ0v) is 26.3. The Kier molecular flexibility index (Phi) is 7.42. The zero-order chi connectivity index (χ0) is 32.5.